The van der Waals surface area contributed by atoms with Crippen LogP contribution in [0.15, 0.2) is 24.3 Å². The van der Waals surface area contributed by atoms with Gasteiger partial charge in [-0.1, -0.05) is 24.3 Å². The SMILES string of the molecule is COc1c(C)c(-c2ccccc2C)c(C(=O)O)c(C(=O)O)c1OC. The first kappa shape index (κ1) is 17.3. The Kier molecular flexibility index (Phi) is 4.78. The second-order valence-corrected chi connectivity index (χ2v) is 5.24. The number of rotatable bonds is 5. The molecule has 0 aromatic heterocycles. The highest BCUT2D eigenvalue weighted by Gasteiger charge is 2.32. The lowest BCUT2D eigenvalue weighted by molar-refractivity contribution is 0.0648. The predicted octanol–water partition coefficient (Wildman–Crippen LogP) is 3.38. The highest BCUT2D eigenvalue weighted by Crippen LogP contribution is 2.44. The van der Waals surface area contributed by atoms with Gasteiger partial charge in [0.25, 0.3) is 0 Å². The molecule has 0 heterocycles. The molecule has 0 aliphatic heterocycles. The zero-order chi connectivity index (χ0) is 18.0. The van der Waals surface area contributed by atoms with Gasteiger partial charge in [0.1, 0.15) is 5.56 Å². The van der Waals surface area contributed by atoms with Crippen LogP contribution in [0.4, 0.5) is 0 Å². The van der Waals surface area contributed by atoms with Crippen LogP contribution in [0.1, 0.15) is 31.8 Å². The van der Waals surface area contributed by atoms with Crippen molar-refractivity contribution in [3.8, 4) is 22.6 Å². The van der Waals surface area contributed by atoms with E-state index in [-0.39, 0.29) is 17.1 Å². The summed E-state index contributed by atoms with van der Waals surface area (Å²) in [7, 11) is 2.67. The van der Waals surface area contributed by atoms with E-state index in [0.717, 1.165) is 5.56 Å². The monoisotopic (exact) mass is 330 g/mol. The van der Waals surface area contributed by atoms with Crippen molar-refractivity contribution in [2.75, 3.05) is 14.2 Å². The first-order valence-electron chi connectivity index (χ1n) is 7.16. The van der Waals surface area contributed by atoms with Crippen LogP contribution in [0, 0.1) is 13.8 Å². The van der Waals surface area contributed by atoms with Gasteiger partial charge in [0, 0.05) is 11.1 Å². The van der Waals surface area contributed by atoms with Gasteiger partial charge in [0.05, 0.1) is 19.8 Å². The minimum atomic E-state index is -1.39. The van der Waals surface area contributed by atoms with Crippen molar-refractivity contribution in [2.24, 2.45) is 0 Å². The Balaban J connectivity index is 3.09. The van der Waals surface area contributed by atoms with Crippen LogP contribution < -0.4 is 9.47 Å². The number of hydrogen-bond donors (Lipinski definition) is 2. The van der Waals surface area contributed by atoms with Crippen molar-refractivity contribution < 1.29 is 29.3 Å². The number of methoxy groups -OCH3 is 2. The molecule has 0 aliphatic rings. The average molecular weight is 330 g/mol. The van der Waals surface area contributed by atoms with Gasteiger partial charge >= 0.3 is 11.9 Å². The van der Waals surface area contributed by atoms with Crippen LogP contribution in [0.3, 0.4) is 0 Å². The van der Waals surface area contributed by atoms with E-state index < -0.39 is 17.5 Å². The number of hydrogen-bond acceptors (Lipinski definition) is 4. The number of carbonyl (C=O) groups is 2. The van der Waals surface area contributed by atoms with Gasteiger partial charge in [-0.2, -0.15) is 0 Å². The van der Waals surface area contributed by atoms with Crippen LogP contribution >= 0.6 is 0 Å². The van der Waals surface area contributed by atoms with Crippen molar-refractivity contribution in [1.29, 1.82) is 0 Å². The maximum atomic E-state index is 11.9. The number of ether oxygens (including phenoxy) is 2. The number of carboxylic acid groups (broad SMARTS) is 2. The molecule has 2 N–H and O–H groups in total. The van der Waals surface area contributed by atoms with Crippen LogP contribution in [0.2, 0.25) is 0 Å². The summed E-state index contributed by atoms with van der Waals surface area (Å²) < 4.78 is 10.5. The largest absolute Gasteiger partial charge is 0.493 e. The van der Waals surface area contributed by atoms with Crippen LogP contribution in [0.5, 0.6) is 11.5 Å². The van der Waals surface area contributed by atoms with Crippen LogP contribution in [-0.4, -0.2) is 36.4 Å². The summed E-state index contributed by atoms with van der Waals surface area (Å²) in [4.78, 5) is 23.6. The maximum Gasteiger partial charge on any atom is 0.340 e. The van der Waals surface area contributed by atoms with Gasteiger partial charge in [-0.25, -0.2) is 9.59 Å². The van der Waals surface area contributed by atoms with Gasteiger partial charge in [-0.15, -0.1) is 0 Å². The fourth-order valence-corrected chi connectivity index (χ4v) is 2.87. The minimum absolute atomic E-state index is 0.0998. The van der Waals surface area contributed by atoms with Gasteiger partial charge < -0.3 is 19.7 Å². The van der Waals surface area contributed by atoms with Crippen LogP contribution in [-0.2, 0) is 0 Å². The third kappa shape index (κ3) is 2.67. The van der Waals surface area contributed by atoms with E-state index in [1.807, 2.05) is 19.1 Å². The average Bonchev–Trinajstić information content (AvgIpc) is 2.53. The summed E-state index contributed by atoms with van der Waals surface area (Å²) in [6.07, 6.45) is 0. The molecule has 24 heavy (non-hydrogen) atoms. The Morgan fingerprint density at radius 2 is 1.42 bits per heavy atom. The number of carboxylic acids is 2. The fraction of sp³-hybridized carbons (Fsp3) is 0.222. The van der Waals surface area contributed by atoms with E-state index in [2.05, 4.69) is 0 Å². The third-order valence-corrected chi connectivity index (χ3v) is 3.90. The lowest BCUT2D eigenvalue weighted by Gasteiger charge is -2.21. The second kappa shape index (κ2) is 6.62. The normalized spacial score (nSPS) is 10.3. The molecule has 0 amide bonds. The quantitative estimate of drug-likeness (QED) is 0.873. The summed E-state index contributed by atoms with van der Waals surface area (Å²) in [6, 6.07) is 7.18. The molecule has 0 radical (unpaired) electrons. The highest BCUT2D eigenvalue weighted by atomic mass is 16.5. The summed E-state index contributed by atoms with van der Waals surface area (Å²) in [6.45, 7) is 3.51. The molecule has 6 heteroatoms. The van der Waals surface area contributed by atoms with Crippen molar-refractivity contribution in [1.82, 2.24) is 0 Å². The molecule has 0 aliphatic carbocycles. The predicted molar refractivity (Wildman–Crippen MR) is 88.4 cm³/mol. The lowest BCUT2D eigenvalue weighted by Crippen LogP contribution is -2.14. The fourth-order valence-electron chi connectivity index (χ4n) is 2.87. The summed E-state index contributed by atoms with van der Waals surface area (Å²) in [5.74, 6) is -2.62. The molecule has 0 saturated carbocycles. The molecule has 6 nitrogen and oxygen atoms in total. The topological polar surface area (TPSA) is 93.1 Å². The van der Waals surface area contributed by atoms with E-state index in [1.54, 1.807) is 19.1 Å². The number of aryl methyl sites for hydroxylation is 1. The molecule has 2 rings (SSSR count). The van der Waals surface area contributed by atoms with Crippen molar-refractivity contribution in [2.45, 2.75) is 13.8 Å². The van der Waals surface area contributed by atoms with Crippen LogP contribution in [0.25, 0.3) is 11.1 Å². The van der Waals surface area contributed by atoms with Gasteiger partial charge in [-0.05, 0) is 25.0 Å². The van der Waals surface area contributed by atoms with Gasteiger partial charge in [-0.3, -0.25) is 0 Å². The molecule has 0 bridgehead atoms. The van der Waals surface area contributed by atoms with E-state index in [4.69, 9.17) is 9.47 Å². The van der Waals surface area contributed by atoms with Gasteiger partial charge in [0.15, 0.2) is 11.5 Å². The Labute approximate surface area is 139 Å². The third-order valence-electron chi connectivity index (χ3n) is 3.90. The molecule has 0 atom stereocenters. The molecule has 0 saturated heterocycles. The smallest absolute Gasteiger partial charge is 0.340 e. The van der Waals surface area contributed by atoms with E-state index >= 15 is 0 Å². The molecular weight excluding hydrogens is 312 g/mol. The number of aromatic carboxylic acids is 2. The van der Waals surface area contributed by atoms with E-state index in [0.29, 0.717) is 16.7 Å². The Hall–Kier alpha value is -3.02. The Bertz CT molecular complexity index is 823. The summed E-state index contributed by atoms with van der Waals surface area (Å²) in [5.41, 5.74) is 1.54. The molecule has 0 spiro atoms. The lowest BCUT2D eigenvalue weighted by atomic mass is 9.87. The molecule has 0 fully saturated rings. The zero-order valence-electron chi connectivity index (χ0n) is 13.8. The first-order chi connectivity index (χ1) is 11.3. The van der Waals surface area contributed by atoms with E-state index in [1.165, 1.54) is 14.2 Å². The zero-order valence-corrected chi connectivity index (χ0v) is 13.8. The summed E-state index contributed by atoms with van der Waals surface area (Å²) >= 11 is 0. The van der Waals surface area contributed by atoms with Crippen molar-refractivity contribution >= 4 is 11.9 Å². The molecule has 126 valence electrons. The first-order valence-corrected chi connectivity index (χ1v) is 7.16. The highest BCUT2D eigenvalue weighted by molar-refractivity contribution is 6.10. The summed E-state index contributed by atoms with van der Waals surface area (Å²) in [5, 5.41) is 19.3. The Morgan fingerprint density at radius 1 is 0.875 bits per heavy atom. The molecule has 2 aromatic carbocycles. The number of benzene rings is 2. The minimum Gasteiger partial charge on any atom is -0.493 e. The second-order valence-electron chi connectivity index (χ2n) is 5.24. The van der Waals surface area contributed by atoms with Crippen molar-refractivity contribution in [3.63, 3.8) is 0 Å². The molecule has 0 unspecified atom stereocenters. The molecule has 2 aromatic rings. The molecular formula is C18H18O6. The van der Waals surface area contributed by atoms with E-state index in [9.17, 15) is 19.8 Å². The Morgan fingerprint density at radius 3 is 1.88 bits per heavy atom. The maximum absolute atomic E-state index is 11.9. The van der Waals surface area contributed by atoms with Gasteiger partial charge in [0.2, 0.25) is 0 Å². The standard InChI is InChI=1S/C18H18O6/c1-9-7-5-6-8-11(9)12-10(2)15(23-3)16(24-4)14(18(21)22)13(12)17(19)20/h5-8H,1-4H3,(H,19,20)(H,21,22). The van der Waals surface area contributed by atoms with Crippen molar-refractivity contribution in [3.05, 3.63) is 46.5 Å².